The van der Waals surface area contributed by atoms with Gasteiger partial charge in [-0.2, -0.15) is 0 Å². The van der Waals surface area contributed by atoms with Gasteiger partial charge in [0.1, 0.15) is 13.2 Å². The summed E-state index contributed by atoms with van der Waals surface area (Å²) in [5, 5.41) is 34.0. The van der Waals surface area contributed by atoms with E-state index in [1.54, 1.807) is 0 Å². The lowest BCUT2D eigenvalue weighted by atomic mass is 10.0. The van der Waals surface area contributed by atoms with Gasteiger partial charge in [0.05, 0.1) is 0 Å². The fourth-order valence-electron chi connectivity index (χ4n) is 16.8. The molecule has 0 bridgehead atoms. The number of carbonyl (C=O) groups is 7. The highest BCUT2D eigenvalue weighted by Crippen LogP contribution is 2.21. The molecule has 0 rings (SSSR count). The first-order chi connectivity index (χ1) is 68.1. The molecule has 0 heterocycles. The lowest BCUT2D eigenvalue weighted by Crippen LogP contribution is -2.30. The van der Waals surface area contributed by atoms with Gasteiger partial charge in [-0.1, -0.05) is 532 Å². The molecule has 816 valence electrons. The Morgan fingerprint density at radius 3 is 0.511 bits per heavy atom. The van der Waals surface area contributed by atoms with Gasteiger partial charge in [-0.3, -0.25) is 33.6 Å². The summed E-state index contributed by atoms with van der Waals surface area (Å²) in [7, 11) is 0. The van der Waals surface area contributed by atoms with Crippen LogP contribution < -0.4 is 0 Å². The number of esters is 3. The molecule has 0 radical (unpaired) electrons. The van der Waals surface area contributed by atoms with Crippen molar-refractivity contribution >= 4 is 41.8 Å². The Hall–Kier alpha value is -5.53. The van der Waals surface area contributed by atoms with Gasteiger partial charge in [0.2, 0.25) is 0 Å². The largest absolute Gasteiger partial charge is 0.481 e. The quantitative estimate of drug-likeness (QED) is 0.0192. The van der Waals surface area contributed by atoms with Gasteiger partial charge in [0, 0.05) is 44.9 Å². The fraction of sp³-hybridized carbons (Fsp3) is 0.832. The van der Waals surface area contributed by atoms with Crippen LogP contribution in [0.4, 0.5) is 0 Å². The minimum atomic E-state index is -0.781. The molecule has 1 unspecified atom stereocenters. The number of carboxylic acid groups (broad SMARTS) is 4. The molecule has 0 aliphatic heterocycles. The number of aliphatic carboxylic acids is 4. The van der Waals surface area contributed by atoms with E-state index < -0.39 is 30.0 Å². The number of carbonyl (C=O) groups excluding carboxylic acids is 3. The van der Waals surface area contributed by atoms with Crippen LogP contribution >= 0.6 is 0 Å². The SMILES string of the molecule is CC/C=C\C/C=C\C/C=C\CCCCCCCC(=O)OCC(COC(=O)CCCCCCCCCCCCCCC)OC(=O)CCCCCCC/C=C\CCCCCCCC.CCCCC/C=C/C/C=C/CCCCCCCC(=O)O.CCCCCCCC/C=C/CCCCCCCC(=O)O.CCCCCCCCCCCCCCCC(=O)O.CCCCCCCCCCCCCCCCCC(=O)O. The van der Waals surface area contributed by atoms with Crippen LogP contribution in [-0.2, 0) is 47.8 Å². The standard InChI is InChI=1S/C55H98O6.C18H36O2.C18H34O2.C18H32O2.C16H32O2/c1-4-7-10-13-16-19-22-25-27-30-33-36-39-42-45-48-54(57)60-51-52(50-59-53(56)47-44-41-38-35-32-29-24-21-18-15-12-9-6-3)61-55(58)49-46-43-40-37-34-31-28-26-23-20-17-14-11-8-5-2;3*1-2-3-4-5-6-7-8-9-10-11-12-13-14-15-16-17-18(19)20;1-2-3-4-5-6-7-8-9-10-11-12-13-14-15-16(17)18/h7,10,16,19,25-28,52H,4-6,8-9,11-15,17-18,20-24,29-51H2,1-3H3;2-17H2,1H3,(H,19,20);9-10H,2-8,11-17H2,1H3,(H,19,20);6-7,9-10H,2-5,8,11-17H2,1H3,(H,19,20);2-15H2,1H3,(H,17,18)/b10-7-,19-16-,27-25-,28-26-;;10-9+;7-6+,10-9+;. The van der Waals surface area contributed by atoms with Crippen LogP contribution in [-0.4, -0.2) is 81.5 Å². The lowest BCUT2D eigenvalue weighted by molar-refractivity contribution is -0.167. The van der Waals surface area contributed by atoms with Gasteiger partial charge in [-0.05, 0) is 161 Å². The molecule has 0 aliphatic rings. The Kier molecular flexibility index (Phi) is 135. The Morgan fingerprint density at radius 2 is 0.317 bits per heavy atom. The minimum Gasteiger partial charge on any atom is -0.481 e. The maximum Gasteiger partial charge on any atom is 0.306 e. The molecular formula is C125H232O14. The summed E-state index contributed by atoms with van der Waals surface area (Å²) in [6.45, 7) is 15.5. The normalized spacial score (nSPS) is 11.7. The van der Waals surface area contributed by atoms with Gasteiger partial charge in [0.15, 0.2) is 6.10 Å². The summed E-state index contributed by atoms with van der Waals surface area (Å²) in [6.07, 6.45) is 140. The van der Waals surface area contributed by atoms with Crippen molar-refractivity contribution in [2.75, 3.05) is 13.2 Å². The van der Waals surface area contributed by atoms with Crippen LogP contribution in [0.3, 0.4) is 0 Å². The third-order valence-corrected chi connectivity index (χ3v) is 25.8. The van der Waals surface area contributed by atoms with Crippen molar-refractivity contribution in [1.82, 2.24) is 0 Å². The van der Waals surface area contributed by atoms with Crippen LogP contribution in [0.5, 0.6) is 0 Å². The second kappa shape index (κ2) is 132. The first-order valence-electron chi connectivity index (χ1n) is 60.0. The van der Waals surface area contributed by atoms with Crippen LogP contribution in [0.15, 0.2) is 85.1 Å². The summed E-state index contributed by atoms with van der Waals surface area (Å²) < 4.78 is 16.8. The van der Waals surface area contributed by atoms with Crippen molar-refractivity contribution in [3.05, 3.63) is 85.1 Å². The maximum absolute atomic E-state index is 12.8. The molecule has 4 N–H and O–H groups in total. The highest BCUT2D eigenvalue weighted by Gasteiger charge is 2.20. The molecule has 0 aromatic carbocycles. The average molecular weight is 1960 g/mol. The summed E-state index contributed by atoms with van der Waals surface area (Å²) in [6, 6.07) is 0. The van der Waals surface area contributed by atoms with Gasteiger partial charge < -0.3 is 34.6 Å². The van der Waals surface area contributed by atoms with E-state index in [-0.39, 0.29) is 31.1 Å². The highest BCUT2D eigenvalue weighted by atomic mass is 16.6. The Morgan fingerprint density at radius 1 is 0.173 bits per heavy atom. The summed E-state index contributed by atoms with van der Waals surface area (Å²) in [5.74, 6) is -3.54. The average Bonchev–Trinajstić information content (AvgIpc) is 0.939. The number of hydrogen-bond acceptors (Lipinski definition) is 10. The summed E-state index contributed by atoms with van der Waals surface area (Å²) in [5.41, 5.74) is 0. The van der Waals surface area contributed by atoms with Crippen molar-refractivity contribution < 1.29 is 68.2 Å². The second-order valence-corrected chi connectivity index (χ2v) is 40.0. The number of rotatable bonds is 106. The van der Waals surface area contributed by atoms with Crippen molar-refractivity contribution in [3.8, 4) is 0 Å². The molecule has 0 saturated carbocycles. The van der Waals surface area contributed by atoms with Crippen molar-refractivity contribution in [2.24, 2.45) is 0 Å². The van der Waals surface area contributed by atoms with Crippen LogP contribution in [0, 0.1) is 0 Å². The van der Waals surface area contributed by atoms with E-state index in [1.165, 1.54) is 385 Å². The van der Waals surface area contributed by atoms with Gasteiger partial charge in [-0.25, -0.2) is 0 Å². The zero-order valence-electron chi connectivity index (χ0n) is 92.9. The van der Waals surface area contributed by atoms with E-state index in [9.17, 15) is 33.6 Å². The minimum absolute atomic E-state index is 0.0797. The van der Waals surface area contributed by atoms with E-state index in [0.29, 0.717) is 44.9 Å². The number of unbranched alkanes of at least 4 members (excludes halogenated alkanes) is 73. The molecule has 0 amide bonds. The molecule has 0 aromatic rings. The monoisotopic (exact) mass is 1960 g/mol. The first-order valence-corrected chi connectivity index (χ1v) is 60.0. The van der Waals surface area contributed by atoms with Crippen molar-refractivity contribution in [2.45, 2.75) is 658 Å². The predicted molar refractivity (Wildman–Crippen MR) is 600 cm³/mol. The first kappa shape index (κ1) is 142. The highest BCUT2D eigenvalue weighted by molar-refractivity contribution is 5.71. The van der Waals surface area contributed by atoms with Gasteiger partial charge >= 0.3 is 41.8 Å². The molecular weight excluding hydrogens is 1730 g/mol. The number of ether oxygens (including phenoxy) is 3. The fourth-order valence-corrected chi connectivity index (χ4v) is 16.8. The van der Waals surface area contributed by atoms with E-state index in [2.05, 4.69) is 134 Å². The van der Waals surface area contributed by atoms with Crippen molar-refractivity contribution in [3.63, 3.8) is 0 Å². The number of carboxylic acids is 4. The third kappa shape index (κ3) is 148. The van der Waals surface area contributed by atoms with E-state index in [4.69, 9.17) is 34.6 Å². The summed E-state index contributed by atoms with van der Waals surface area (Å²) in [4.78, 5) is 79.2. The Labute approximate surface area is 861 Å². The number of hydrogen-bond donors (Lipinski definition) is 4. The lowest BCUT2D eigenvalue weighted by Gasteiger charge is -2.18. The van der Waals surface area contributed by atoms with Crippen LogP contribution in [0.2, 0.25) is 0 Å². The molecule has 0 aliphatic carbocycles. The Bertz CT molecular complexity index is 2690. The molecule has 0 saturated heterocycles. The third-order valence-electron chi connectivity index (χ3n) is 25.8. The van der Waals surface area contributed by atoms with Crippen LogP contribution in [0.1, 0.15) is 652 Å². The topological polar surface area (TPSA) is 228 Å². The zero-order chi connectivity index (χ0) is 103. The maximum atomic E-state index is 12.8. The molecule has 0 spiro atoms. The second-order valence-electron chi connectivity index (χ2n) is 40.0. The smallest absolute Gasteiger partial charge is 0.306 e. The van der Waals surface area contributed by atoms with Crippen molar-refractivity contribution in [1.29, 1.82) is 0 Å². The van der Waals surface area contributed by atoms with Crippen LogP contribution in [0.25, 0.3) is 0 Å². The summed E-state index contributed by atoms with van der Waals surface area (Å²) >= 11 is 0. The van der Waals surface area contributed by atoms with E-state index in [0.717, 1.165) is 173 Å². The molecule has 1 atom stereocenters. The Balaban J connectivity index is -0.000000620. The molecule has 139 heavy (non-hydrogen) atoms. The predicted octanol–water partition coefficient (Wildman–Crippen LogP) is 41.0. The van der Waals surface area contributed by atoms with Gasteiger partial charge in [0.25, 0.3) is 0 Å². The van der Waals surface area contributed by atoms with E-state index in [1.807, 2.05) is 0 Å². The molecule has 0 aromatic heterocycles. The van der Waals surface area contributed by atoms with E-state index >= 15 is 0 Å². The number of allylic oxidation sites excluding steroid dienone is 14. The molecule has 14 heteroatoms. The molecule has 14 nitrogen and oxygen atoms in total. The molecule has 0 fully saturated rings. The zero-order valence-corrected chi connectivity index (χ0v) is 92.9. The van der Waals surface area contributed by atoms with Gasteiger partial charge in [-0.15, -0.1) is 0 Å².